The summed E-state index contributed by atoms with van der Waals surface area (Å²) in [4.78, 5) is 27.2. The molecule has 0 unspecified atom stereocenters. The van der Waals surface area contributed by atoms with E-state index in [1.807, 2.05) is 36.4 Å². The number of benzene rings is 6. The van der Waals surface area contributed by atoms with Crippen LogP contribution in [0, 0.1) is 0 Å². The van der Waals surface area contributed by atoms with E-state index in [-0.39, 0.29) is 11.8 Å². The maximum Gasteiger partial charge on any atom is 0.261 e. The van der Waals surface area contributed by atoms with Gasteiger partial charge >= 0.3 is 0 Å². The van der Waals surface area contributed by atoms with Crippen molar-refractivity contribution in [2.45, 2.75) is 0 Å². The minimum Gasteiger partial charge on any atom is -0.277 e. The van der Waals surface area contributed by atoms with E-state index in [9.17, 15) is 9.59 Å². The van der Waals surface area contributed by atoms with Crippen LogP contribution >= 0.6 is 0 Å². The number of nitrogens with zero attached hydrogens (tertiary/aromatic N) is 1. The topological polar surface area (TPSA) is 37.4 Å². The molecule has 0 saturated heterocycles. The van der Waals surface area contributed by atoms with Crippen LogP contribution in [0.1, 0.15) is 20.7 Å². The van der Waals surface area contributed by atoms with Crippen LogP contribution in [0.2, 0.25) is 0 Å². The maximum absolute atomic E-state index is 13.0. The highest BCUT2D eigenvalue weighted by molar-refractivity contribution is 6.29. The highest BCUT2D eigenvalue weighted by Gasteiger charge is 2.31. The molecule has 1 heterocycles. The van der Waals surface area contributed by atoms with E-state index >= 15 is 0 Å². The summed E-state index contributed by atoms with van der Waals surface area (Å²) in [6.45, 7) is 0. The number of hydrogen-bond donors (Lipinski definition) is 0. The van der Waals surface area contributed by atoms with Crippen LogP contribution in [0.25, 0.3) is 54.6 Å². The molecule has 0 aromatic heterocycles. The Labute approximate surface area is 208 Å². The summed E-state index contributed by atoms with van der Waals surface area (Å²) in [7, 11) is 1.55. The fraction of sp³-hybridized carbons (Fsp3) is 0.0303. The minimum absolute atomic E-state index is 0.260. The molecule has 6 aromatic rings. The van der Waals surface area contributed by atoms with Crippen molar-refractivity contribution in [2.75, 3.05) is 7.05 Å². The molecule has 3 nitrogen and oxygen atoms in total. The van der Waals surface area contributed by atoms with E-state index in [1.54, 1.807) is 7.05 Å². The predicted molar refractivity (Wildman–Crippen MR) is 146 cm³/mol. The molecule has 1 aliphatic heterocycles. The standard InChI is InChI=1S/C33H21NO2/c1-34-32(35)27-17-9-16-25-26(18-19-28(31(25)27)33(34)36)30-23-14-7-5-12-21(23)29(20-10-3-2-4-11-20)22-13-6-8-15-24(22)30/h2-19H,1H3. The molecule has 3 heteroatoms. The number of hydrogen-bond acceptors (Lipinski definition) is 2. The largest absolute Gasteiger partial charge is 0.277 e. The molecule has 7 rings (SSSR count). The summed E-state index contributed by atoms with van der Waals surface area (Å²) in [5, 5.41) is 6.28. The number of carbonyl (C=O) groups is 2. The molecule has 36 heavy (non-hydrogen) atoms. The second kappa shape index (κ2) is 7.62. The normalized spacial score (nSPS) is 13.2. The van der Waals surface area contributed by atoms with Gasteiger partial charge in [0, 0.05) is 23.6 Å². The van der Waals surface area contributed by atoms with Crippen LogP contribution in [0.4, 0.5) is 0 Å². The Bertz CT molecular complexity index is 1810. The van der Waals surface area contributed by atoms with E-state index in [1.165, 1.54) is 26.8 Å². The van der Waals surface area contributed by atoms with Crippen LogP contribution in [0.15, 0.2) is 109 Å². The summed E-state index contributed by atoms with van der Waals surface area (Å²) in [5.74, 6) is -0.520. The minimum atomic E-state index is -0.260. The zero-order valence-electron chi connectivity index (χ0n) is 19.7. The molecule has 0 atom stereocenters. The van der Waals surface area contributed by atoms with Gasteiger partial charge in [-0.2, -0.15) is 0 Å². The monoisotopic (exact) mass is 463 g/mol. The molecule has 170 valence electrons. The van der Waals surface area contributed by atoms with E-state index < -0.39 is 0 Å². The number of amides is 2. The molecular formula is C33H21NO2. The van der Waals surface area contributed by atoms with Crippen molar-refractivity contribution in [1.29, 1.82) is 0 Å². The third kappa shape index (κ3) is 2.74. The first kappa shape index (κ1) is 20.6. The molecule has 1 aliphatic rings. The summed E-state index contributed by atoms with van der Waals surface area (Å²) >= 11 is 0. The first-order chi connectivity index (χ1) is 17.6. The summed E-state index contributed by atoms with van der Waals surface area (Å²) < 4.78 is 0. The predicted octanol–water partition coefficient (Wildman–Crippen LogP) is 7.71. The van der Waals surface area contributed by atoms with Gasteiger partial charge < -0.3 is 0 Å². The van der Waals surface area contributed by atoms with Gasteiger partial charge in [-0.1, -0.05) is 97.1 Å². The number of carbonyl (C=O) groups excluding carboxylic acids is 2. The van der Waals surface area contributed by atoms with E-state index in [2.05, 4.69) is 72.8 Å². The highest BCUT2D eigenvalue weighted by atomic mass is 16.2. The number of fused-ring (bicyclic) bond motifs is 2. The number of imide groups is 1. The lowest BCUT2D eigenvalue weighted by Gasteiger charge is -2.25. The zero-order chi connectivity index (χ0) is 24.4. The highest BCUT2D eigenvalue weighted by Crippen LogP contribution is 2.46. The van der Waals surface area contributed by atoms with Gasteiger partial charge in [-0.15, -0.1) is 0 Å². The maximum atomic E-state index is 13.0. The Kier molecular flexibility index (Phi) is 4.36. The smallest absolute Gasteiger partial charge is 0.261 e. The average molecular weight is 464 g/mol. The second-order valence-corrected chi connectivity index (χ2v) is 9.27. The first-order valence-electron chi connectivity index (χ1n) is 12.0. The van der Waals surface area contributed by atoms with Crippen molar-refractivity contribution in [2.24, 2.45) is 0 Å². The molecule has 2 amide bonds. The third-order valence-corrected chi connectivity index (χ3v) is 7.37. The van der Waals surface area contributed by atoms with Gasteiger partial charge in [0.05, 0.1) is 0 Å². The lowest BCUT2D eigenvalue weighted by atomic mass is 9.83. The van der Waals surface area contributed by atoms with Crippen molar-refractivity contribution in [3.63, 3.8) is 0 Å². The fourth-order valence-electron chi connectivity index (χ4n) is 5.77. The molecule has 6 aromatic carbocycles. The Hall–Kier alpha value is -4.76. The van der Waals surface area contributed by atoms with E-state index in [4.69, 9.17) is 0 Å². The van der Waals surface area contributed by atoms with Gasteiger partial charge in [0.1, 0.15) is 0 Å². The fourth-order valence-corrected chi connectivity index (χ4v) is 5.77. The molecule has 0 radical (unpaired) electrons. The van der Waals surface area contributed by atoms with Crippen molar-refractivity contribution < 1.29 is 9.59 Å². The van der Waals surface area contributed by atoms with Crippen LogP contribution in [-0.2, 0) is 0 Å². The Morgan fingerprint density at radius 3 is 1.53 bits per heavy atom. The van der Waals surface area contributed by atoms with E-state index in [0.717, 1.165) is 32.7 Å². The summed E-state index contributed by atoms with van der Waals surface area (Å²) in [5.41, 5.74) is 5.66. The SMILES string of the molecule is CN1C(=O)c2cccc3c(-c4c5ccccc5c(-c5ccccc5)c5ccccc45)ccc(c23)C1=O. The summed E-state index contributed by atoms with van der Waals surface area (Å²) in [6.07, 6.45) is 0. The Balaban J connectivity index is 1.66. The lowest BCUT2D eigenvalue weighted by molar-refractivity contribution is 0.0650. The van der Waals surface area contributed by atoms with E-state index in [0.29, 0.717) is 11.1 Å². The van der Waals surface area contributed by atoms with Crippen molar-refractivity contribution in [3.05, 3.63) is 120 Å². The molecule has 0 fully saturated rings. The molecule has 0 aliphatic carbocycles. The van der Waals surface area contributed by atoms with Gasteiger partial charge in [0.25, 0.3) is 11.8 Å². The Morgan fingerprint density at radius 2 is 0.917 bits per heavy atom. The van der Waals surface area contributed by atoms with Crippen molar-refractivity contribution in [3.8, 4) is 22.3 Å². The molecule has 0 spiro atoms. The van der Waals surface area contributed by atoms with Crippen LogP contribution < -0.4 is 0 Å². The van der Waals surface area contributed by atoms with Crippen molar-refractivity contribution >= 4 is 44.1 Å². The van der Waals surface area contributed by atoms with Crippen molar-refractivity contribution in [1.82, 2.24) is 4.90 Å². The molecule has 0 bridgehead atoms. The second-order valence-electron chi connectivity index (χ2n) is 9.27. The number of rotatable bonds is 2. The summed E-state index contributed by atoms with van der Waals surface area (Å²) in [6, 6.07) is 37.2. The van der Waals surface area contributed by atoms with Gasteiger partial charge in [-0.05, 0) is 61.3 Å². The Morgan fingerprint density at radius 1 is 0.444 bits per heavy atom. The lowest BCUT2D eigenvalue weighted by Crippen LogP contribution is -2.36. The third-order valence-electron chi connectivity index (χ3n) is 7.37. The van der Waals surface area contributed by atoms with Gasteiger partial charge in [-0.3, -0.25) is 14.5 Å². The van der Waals surface area contributed by atoms with Gasteiger partial charge in [-0.25, -0.2) is 0 Å². The molecule has 0 N–H and O–H groups in total. The van der Waals surface area contributed by atoms with Crippen LogP contribution in [0.3, 0.4) is 0 Å². The quantitative estimate of drug-likeness (QED) is 0.195. The van der Waals surface area contributed by atoms with Crippen LogP contribution in [-0.4, -0.2) is 23.8 Å². The van der Waals surface area contributed by atoms with Gasteiger partial charge in [0.2, 0.25) is 0 Å². The van der Waals surface area contributed by atoms with Gasteiger partial charge in [0.15, 0.2) is 0 Å². The van der Waals surface area contributed by atoms with Crippen LogP contribution in [0.5, 0.6) is 0 Å². The zero-order valence-corrected chi connectivity index (χ0v) is 19.7. The average Bonchev–Trinajstić information content (AvgIpc) is 2.93. The molecule has 0 saturated carbocycles. The first-order valence-corrected chi connectivity index (χ1v) is 12.0. The molecular weight excluding hydrogens is 442 g/mol.